The van der Waals surface area contributed by atoms with Crippen LogP contribution in [-0.2, 0) is 28.7 Å². The van der Waals surface area contributed by atoms with E-state index in [1.165, 1.54) is 5.57 Å². The predicted octanol–water partition coefficient (Wildman–Crippen LogP) is 4.02. The van der Waals surface area contributed by atoms with Crippen LogP contribution in [0.25, 0.3) is 0 Å². The Hall–Kier alpha value is -2.31. The lowest BCUT2D eigenvalue weighted by molar-refractivity contribution is -0.148. The van der Waals surface area contributed by atoms with Crippen LogP contribution in [-0.4, -0.2) is 49.0 Å². The van der Waals surface area contributed by atoms with Crippen molar-refractivity contribution >= 4 is 29.2 Å². The summed E-state index contributed by atoms with van der Waals surface area (Å²) in [6.45, 7) is 12.6. The molecule has 0 fully saturated rings. The Morgan fingerprint density at radius 3 is 1.80 bits per heavy atom. The lowest BCUT2D eigenvalue weighted by Gasteiger charge is -2.11. The first-order valence-electron chi connectivity index (χ1n) is 10.9. The van der Waals surface area contributed by atoms with Gasteiger partial charge in [-0.25, -0.2) is 0 Å². The predicted molar refractivity (Wildman–Crippen MR) is 116 cm³/mol. The molecule has 7 heteroatoms. The largest absolute Gasteiger partial charge is 0.466 e. The van der Waals surface area contributed by atoms with Gasteiger partial charge in [0.1, 0.15) is 11.6 Å². The van der Waals surface area contributed by atoms with Crippen molar-refractivity contribution in [2.75, 3.05) is 19.8 Å². The fourth-order valence-corrected chi connectivity index (χ4v) is 3.11. The molecule has 0 unspecified atom stereocenters. The van der Waals surface area contributed by atoms with Gasteiger partial charge in [-0.15, -0.1) is 0 Å². The van der Waals surface area contributed by atoms with Crippen molar-refractivity contribution in [3.05, 3.63) is 11.1 Å². The van der Waals surface area contributed by atoms with Crippen molar-refractivity contribution in [1.82, 2.24) is 0 Å². The Labute approximate surface area is 180 Å². The number of ether oxygens (including phenoxy) is 2. The maximum Gasteiger partial charge on any atom is 0.310 e. The van der Waals surface area contributed by atoms with Crippen LogP contribution >= 0.6 is 0 Å². The van der Waals surface area contributed by atoms with Gasteiger partial charge in [0, 0.05) is 18.6 Å². The minimum absolute atomic E-state index is 0.118. The molecule has 30 heavy (non-hydrogen) atoms. The van der Waals surface area contributed by atoms with Crippen molar-refractivity contribution in [3.63, 3.8) is 0 Å². The fraction of sp³-hybridized carbons (Fsp3) is 0.696. The first kappa shape index (κ1) is 27.7. The van der Waals surface area contributed by atoms with Gasteiger partial charge in [0.15, 0.2) is 0 Å². The normalized spacial score (nSPS) is 12.8. The molecular formula is C23H37NO6. The van der Waals surface area contributed by atoms with Crippen LogP contribution < -0.4 is 0 Å². The number of aliphatic imine (C=N–C) groups is 1. The summed E-state index contributed by atoms with van der Waals surface area (Å²) in [5.41, 5.74) is 3.50. The van der Waals surface area contributed by atoms with Crippen LogP contribution in [0, 0.1) is 5.92 Å². The molecule has 0 saturated heterocycles. The molecule has 0 bridgehead atoms. The highest BCUT2D eigenvalue weighted by Crippen LogP contribution is 2.23. The average molecular weight is 424 g/mol. The molecule has 7 nitrogen and oxygen atoms in total. The monoisotopic (exact) mass is 423 g/mol. The van der Waals surface area contributed by atoms with Gasteiger partial charge in [0.05, 0.1) is 38.5 Å². The van der Waals surface area contributed by atoms with Crippen LogP contribution in [0.1, 0.15) is 80.1 Å². The molecule has 0 amide bonds. The molecule has 0 atom stereocenters. The van der Waals surface area contributed by atoms with E-state index in [1.54, 1.807) is 20.8 Å². The van der Waals surface area contributed by atoms with Crippen LogP contribution in [0.4, 0.5) is 0 Å². The lowest BCUT2D eigenvalue weighted by atomic mass is 9.92. The minimum atomic E-state index is -0.806. The highest BCUT2D eigenvalue weighted by atomic mass is 16.5. The molecule has 0 aromatic heterocycles. The Morgan fingerprint density at radius 1 is 0.833 bits per heavy atom. The summed E-state index contributed by atoms with van der Waals surface area (Å²) in [6.07, 6.45) is 2.70. The third-order valence-electron chi connectivity index (χ3n) is 4.77. The first-order chi connectivity index (χ1) is 14.3. The summed E-state index contributed by atoms with van der Waals surface area (Å²) in [7, 11) is 0. The molecule has 1 rings (SSSR count). The molecule has 0 aliphatic carbocycles. The molecule has 0 radical (unpaired) electrons. The van der Waals surface area contributed by atoms with Gasteiger partial charge in [-0.3, -0.25) is 24.2 Å². The molecule has 0 aromatic rings. The Balaban J connectivity index is 0.000000561. The number of rotatable bonds is 12. The van der Waals surface area contributed by atoms with Crippen molar-refractivity contribution in [2.24, 2.45) is 10.9 Å². The van der Waals surface area contributed by atoms with Gasteiger partial charge in [0.2, 0.25) is 0 Å². The highest BCUT2D eigenvalue weighted by Gasteiger charge is 2.26. The van der Waals surface area contributed by atoms with Crippen LogP contribution in [0.5, 0.6) is 0 Å². The van der Waals surface area contributed by atoms with Crippen LogP contribution in [0.3, 0.4) is 0 Å². The van der Waals surface area contributed by atoms with Gasteiger partial charge in [-0.1, -0.05) is 27.7 Å². The Bertz CT molecular complexity index is 647. The molecular weight excluding hydrogens is 386 g/mol. The average Bonchev–Trinajstić information content (AvgIpc) is 3.13. The van der Waals surface area contributed by atoms with Crippen LogP contribution in [0.2, 0.25) is 0 Å². The van der Waals surface area contributed by atoms with Gasteiger partial charge >= 0.3 is 11.9 Å². The number of nitrogens with zero attached hydrogens (tertiary/aromatic N) is 1. The van der Waals surface area contributed by atoms with E-state index < -0.39 is 11.9 Å². The zero-order chi connectivity index (χ0) is 23.1. The SMILES string of the molecule is CCOC(=O)CC(C(=O)CC)C(=O)CC.CCOC(=O)CC1=C(CC)CN=C1CC. The van der Waals surface area contributed by atoms with E-state index >= 15 is 0 Å². The third kappa shape index (κ3) is 9.46. The van der Waals surface area contributed by atoms with E-state index in [0.717, 1.165) is 30.7 Å². The lowest BCUT2D eigenvalue weighted by Crippen LogP contribution is -2.26. The van der Waals surface area contributed by atoms with Gasteiger partial charge in [-0.2, -0.15) is 0 Å². The quantitative estimate of drug-likeness (QED) is 0.347. The maximum absolute atomic E-state index is 11.4. The number of hydrogen-bond donors (Lipinski definition) is 0. The zero-order valence-corrected chi connectivity index (χ0v) is 19.3. The number of hydrogen-bond acceptors (Lipinski definition) is 7. The second kappa shape index (κ2) is 15.5. The molecule has 0 spiro atoms. The number of Topliss-reactive ketones (excluding diaryl/α,β-unsaturated/α-hetero) is 2. The molecule has 0 N–H and O–H groups in total. The van der Waals surface area contributed by atoms with E-state index in [0.29, 0.717) is 13.0 Å². The number of carbonyl (C=O) groups excluding carboxylic acids is 4. The highest BCUT2D eigenvalue weighted by molar-refractivity contribution is 6.05. The van der Waals surface area contributed by atoms with E-state index in [-0.39, 0.29) is 43.4 Å². The molecule has 170 valence electrons. The second-order valence-corrected chi connectivity index (χ2v) is 6.74. The number of carbonyl (C=O) groups is 4. The minimum Gasteiger partial charge on any atom is -0.466 e. The summed E-state index contributed by atoms with van der Waals surface area (Å²) < 4.78 is 9.68. The van der Waals surface area contributed by atoms with Crippen LogP contribution in [0.15, 0.2) is 16.1 Å². The van der Waals surface area contributed by atoms with E-state index in [4.69, 9.17) is 9.47 Å². The second-order valence-electron chi connectivity index (χ2n) is 6.74. The van der Waals surface area contributed by atoms with E-state index in [1.807, 2.05) is 6.92 Å². The third-order valence-corrected chi connectivity index (χ3v) is 4.77. The van der Waals surface area contributed by atoms with Gasteiger partial charge < -0.3 is 9.47 Å². The summed E-state index contributed by atoms with van der Waals surface area (Å²) in [4.78, 5) is 49.9. The van der Waals surface area contributed by atoms with Crippen molar-refractivity contribution in [1.29, 1.82) is 0 Å². The smallest absolute Gasteiger partial charge is 0.310 e. The maximum atomic E-state index is 11.4. The van der Waals surface area contributed by atoms with Gasteiger partial charge in [0.25, 0.3) is 0 Å². The number of ketones is 2. The first-order valence-corrected chi connectivity index (χ1v) is 10.9. The summed E-state index contributed by atoms with van der Waals surface area (Å²) in [5.74, 6) is -1.79. The number of esters is 2. The molecule has 1 aliphatic heterocycles. The standard InChI is InChI=1S/C12H19NO2.C11H18O4/c1-4-9-8-13-11(5-2)10(9)7-12(14)15-6-3;1-4-9(12)8(10(13)5-2)7-11(14)15-6-3/h4-8H2,1-3H3;8H,4-7H2,1-3H3. The molecule has 0 aromatic carbocycles. The molecule has 0 saturated carbocycles. The molecule has 1 aliphatic rings. The van der Waals surface area contributed by atoms with Crippen molar-refractivity contribution < 1.29 is 28.7 Å². The van der Waals surface area contributed by atoms with E-state index in [9.17, 15) is 19.2 Å². The van der Waals surface area contributed by atoms with Gasteiger partial charge in [-0.05, 0) is 37.8 Å². The summed E-state index contributed by atoms with van der Waals surface area (Å²) in [6, 6.07) is 0. The Morgan fingerprint density at radius 2 is 1.37 bits per heavy atom. The van der Waals surface area contributed by atoms with Crippen molar-refractivity contribution in [3.8, 4) is 0 Å². The summed E-state index contributed by atoms with van der Waals surface area (Å²) >= 11 is 0. The van der Waals surface area contributed by atoms with E-state index in [2.05, 4.69) is 18.8 Å². The zero-order valence-electron chi connectivity index (χ0n) is 19.3. The topological polar surface area (TPSA) is 99.1 Å². The fourth-order valence-electron chi connectivity index (χ4n) is 3.11. The Kier molecular flexibility index (Phi) is 14.3. The van der Waals surface area contributed by atoms with Crippen molar-refractivity contribution in [2.45, 2.75) is 80.1 Å². The molecule has 1 heterocycles. The summed E-state index contributed by atoms with van der Waals surface area (Å²) in [5, 5.41) is 0.